The normalized spacial score (nSPS) is 16.1. The summed E-state index contributed by atoms with van der Waals surface area (Å²) in [5, 5.41) is 10.6. The van der Waals surface area contributed by atoms with Crippen LogP contribution in [0.3, 0.4) is 0 Å². The van der Waals surface area contributed by atoms with Gasteiger partial charge in [-0.25, -0.2) is 0 Å². The minimum atomic E-state index is -0.548. The lowest BCUT2D eigenvalue weighted by molar-refractivity contribution is 0.0656. The Balaban J connectivity index is 1.52. The number of para-hydroxylation sites is 2. The SMILES string of the molecule is COc1ccc(OC[C@@H](O)CN2CCN(c3ccccc3OC)CC2)c(C(C)(C)C)c1. The molecule has 1 atom stereocenters. The Kier molecular flexibility index (Phi) is 7.68. The number of nitrogens with zero attached hydrogens (tertiary/aromatic N) is 2. The molecule has 1 aliphatic rings. The van der Waals surface area contributed by atoms with E-state index in [0.29, 0.717) is 6.54 Å². The van der Waals surface area contributed by atoms with E-state index in [1.807, 2.05) is 36.4 Å². The third-order valence-electron chi connectivity index (χ3n) is 5.69. The van der Waals surface area contributed by atoms with Gasteiger partial charge in [0, 0.05) is 38.3 Å². The van der Waals surface area contributed by atoms with Gasteiger partial charge in [0.15, 0.2) is 0 Å². The van der Waals surface area contributed by atoms with Gasteiger partial charge in [-0.1, -0.05) is 32.9 Å². The number of hydrogen-bond acceptors (Lipinski definition) is 6. The lowest BCUT2D eigenvalue weighted by atomic mass is 9.86. The minimum absolute atomic E-state index is 0.0797. The zero-order valence-corrected chi connectivity index (χ0v) is 19.4. The number of anilines is 1. The molecule has 1 fully saturated rings. The molecule has 0 radical (unpaired) electrons. The number of hydrogen-bond donors (Lipinski definition) is 1. The molecule has 0 bridgehead atoms. The molecule has 1 aliphatic heterocycles. The van der Waals surface area contributed by atoms with Crippen molar-refractivity contribution in [1.82, 2.24) is 4.90 Å². The Morgan fingerprint density at radius 1 is 0.935 bits per heavy atom. The molecule has 2 aromatic rings. The molecule has 1 heterocycles. The molecule has 0 amide bonds. The molecule has 170 valence electrons. The van der Waals surface area contributed by atoms with Crippen LogP contribution in [0.5, 0.6) is 17.2 Å². The van der Waals surface area contributed by atoms with Gasteiger partial charge in [-0.3, -0.25) is 4.90 Å². The van der Waals surface area contributed by atoms with Crippen molar-refractivity contribution in [2.45, 2.75) is 32.3 Å². The molecule has 0 aliphatic carbocycles. The van der Waals surface area contributed by atoms with Crippen LogP contribution in [0.15, 0.2) is 42.5 Å². The van der Waals surface area contributed by atoms with Crippen LogP contribution in [0.4, 0.5) is 5.69 Å². The lowest BCUT2D eigenvalue weighted by Gasteiger charge is -2.37. The van der Waals surface area contributed by atoms with E-state index < -0.39 is 6.10 Å². The van der Waals surface area contributed by atoms with Gasteiger partial charge in [-0.05, 0) is 35.7 Å². The van der Waals surface area contributed by atoms with Gasteiger partial charge in [-0.15, -0.1) is 0 Å². The maximum atomic E-state index is 10.6. The van der Waals surface area contributed by atoms with Crippen LogP contribution in [0.25, 0.3) is 0 Å². The van der Waals surface area contributed by atoms with Gasteiger partial charge in [0.1, 0.15) is 30.0 Å². The van der Waals surface area contributed by atoms with Gasteiger partial charge >= 0.3 is 0 Å². The number of benzene rings is 2. The second kappa shape index (κ2) is 10.2. The average Bonchev–Trinajstić information content (AvgIpc) is 2.77. The van der Waals surface area contributed by atoms with Crippen LogP contribution in [0.1, 0.15) is 26.3 Å². The fourth-order valence-electron chi connectivity index (χ4n) is 3.95. The first-order valence-corrected chi connectivity index (χ1v) is 10.9. The summed E-state index contributed by atoms with van der Waals surface area (Å²) in [6.45, 7) is 10.9. The predicted octanol–water partition coefficient (Wildman–Crippen LogP) is 3.56. The Hall–Kier alpha value is -2.44. The van der Waals surface area contributed by atoms with Crippen LogP contribution >= 0.6 is 0 Å². The van der Waals surface area contributed by atoms with Crippen LogP contribution < -0.4 is 19.1 Å². The predicted molar refractivity (Wildman–Crippen MR) is 125 cm³/mol. The summed E-state index contributed by atoms with van der Waals surface area (Å²) in [5.74, 6) is 2.51. The molecule has 3 rings (SSSR count). The van der Waals surface area contributed by atoms with Gasteiger partial charge in [0.05, 0.1) is 19.9 Å². The van der Waals surface area contributed by atoms with Crippen LogP contribution in [-0.4, -0.2) is 69.7 Å². The summed E-state index contributed by atoms with van der Waals surface area (Å²) in [6.07, 6.45) is -0.548. The molecule has 0 spiro atoms. The second-order valence-corrected chi connectivity index (χ2v) is 9.04. The van der Waals surface area contributed by atoms with Crippen molar-refractivity contribution in [3.8, 4) is 17.2 Å². The molecular formula is C25H36N2O4. The maximum absolute atomic E-state index is 10.6. The Morgan fingerprint density at radius 3 is 2.29 bits per heavy atom. The summed E-state index contributed by atoms with van der Waals surface area (Å²) in [4.78, 5) is 4.63. The Labute approximate surface area is 186 Å². The first kappa shape index (κ1) is 23.2. The lowest BCUT2D eigenvalue weighted by Crippen LogP contribution is -2.49. The maximum Gasteiger partial charge on any atom is 0.142 e. The number of piperazine rings is 1. The van der Waals surface area contributed by atoms with Crippen molar-refractivity contribution in [3.05, 3.63) is 48.0 Å². The van der Waals surface area contributed by atoms with E-state index in [2.05, 4.69) is 36.6 Å². The molecule has 0 unspecified atom stereocenters. The van der Waals surface area contributed by atoms with Gasteiger partial charge in [0.25, 0.3) is 0 Å². The highest BCUT2D eigenvalue weighted by molar-refractivity contribution is 5.58. The monoisotopic (exact) mass is 428 g/mol. The fraction of sp³-hybridized carbons (Fsp3) is 0.520. The first-order valence-electron chi connectivity index (χ1n) is 10.9. The van der Waals surface area contributed by atoms with Crippen molar-refractivity contribution < 1.29 is 19.3 Å². The van der Waals surface area contributed by atoms with E-state index in [4.69, 9.17) is 14.2 Å². The molecule has 1 saturated heterocycles. The summed E-state index contributed by atoms with van der Waals surface area (Å²) in [6, 6.07) is 14.0. The third kappa shape index (κ3) is 6.05. The fourth-order valence-corrected chi connectivity index (χ4v) is 3.95. The van der Waals surface area contributed by atoms with E-state index in [-0.39, 0.29) is 12.0 Å². The molecule has 0 saturated carbocycles. The molecule has 1 N–H and O–H groups in total. The summed E-state index contributed by atoms with van der Waals surface area (Å²) >= 11 is 0. The van der Waals surface area contributed by atoms with Crippen LogP contribution in [-0.2, 0) is 5.41 Å². The van der Waals surface area contributed by atoms with Crippen molar-refractivity contribution in [2.75, 3.05) is 58.5 Å². The number of aliphatic hydroxyl groups is 1. The van der Waals surface area contributed by atoms with E-state index in [0.717, 1.165) is 54.7 Å². The zero-order chi connectivity index (χ0) is 22.4. The zero-order valence-electron chi connectivity index (χ0n) is 19.4. The summed E-state index contributed by atoms with van der Waals surface area (Å²) in [5.41, 5.74) is 2.12. The van der Waals surface area contributed by atoms with Gasteiger partial charge < -0.3 is 24.2 Å². The highest BCUT2D eigenvalue weighted by Crippen LogP contribution is 2.34. The number of methoxy groups -OCH3 is 2. The van der Waals surface area contributed by atoms with Gasteiger partial charge in [0.2, 0.25) is 0 Å². The van der Waals surface area contributed by atoms with E-state index in [1.165, 1.54) is 0 Å². The first-order chi connectivity index (χ1) is 14.8. The van der Waals surface area contributed by atoms with Crippen LogP contribution in [0, 0.1) is 0 Å². The van der Waals surface area contributed by atoms with E-state index in [9.17, 15) is 5.11 Å². The summed E-state index contributed by atoms with van der Waals surface area (Å²) < 4.78 is 16.9. The van der Waals surface area contributed by atoms with Crippen molar-refractivity contribution in [1.29, 1.82) is 0 Å². The largest absolute Gasteiger partial charge is 0.497 e. The molecule has 6 heteroatoms. The van der Waals surface area contributed by atoms with Gasteiger partial charge in [-0.2, -0.15) is 0 Å². The molecule has 6 nitrogen and oxygen atoms in total. The minimum Gasteiger partial charge on any atom is -0.497 e. The van der Waals surface area contributed by atoms with Crippen molar-refractivity contribution in [2.24, 2.45) is 0 Å². The highest BCUT2D eigenvalue weighted by atomic mass is 16.5. The highest BCUT2D eigenvalue weighted by Gasteiger charge is 2.23. The molecule has 2 aromatic carbocycles. The quantitative estimate of drug-likeness (QED) is 0.694. The van der Waals surface area contributed by atoms with Crippen LogP contribution in [0.2, 0.25) is 0 Å². The smallest absolute Gasteiger partial charge is 0.142 e. The van der Waals surface area contributed by atoms with Crippen molar-refractivity contribution in [3.63, 3.8) is 0 Å². The summed E-state index contributed by atoms with van der Waals surface area (Å²) in [7, 11) is 3.37. The number of aliphatic hydroxyl groups excluding tert-OH is 1. The van der Waals surface area contributed by atoms with E-state index >= 15 is 0 Å². The van der Waals surface area contributed by atoms with E-state index in [1.54, 1.807) is 14.2 Å². The second-order valence-electron chi connectivity index (χ2n) is 9.04. The number of ether oxygens (including phenoxy) is 3. The molecular weight excluding hydrogens is 392 g/mol. The average molecular weight is 429 g/mol. The number of β-amino-alcohol motifs (C(OH)–C–C–N with tert-alkyl or cyclic N) is 1. The molecule has 0 aromatic heterocycles. The topological polar surface area (TPSA) is 54.4 Å². The number of rotatable bonds is 8. The van der Waals surface area contributed by atoms with Crippen molar-refractivity contribution >= 4 is 5.69 Å². The Morgan fingerprint density at radius 2 is 1.65 bits per heavy atom. The Bertz CT molecular complexity index is 842. The standard InChI is InChI=1S/C25H36N2O4/c1-25(2,3)21-16-20(29-4)10-11-23(21)31-18-19(28)17-26-12-14-27(15-13-26)22-8-6-7-9-24(22)30-5/h6-11,16,19,28H,12-15,17-18H2,1-5H3/t19-/m0/s1. The molecule has 31 heavy (non-hydrogen) atoms. The third-order valence-corrected chi connectivity index (χ3v) is 5.69.